The van der Waals surface area contributed by atoms with E-state index in [1.165, 1.54) is 0 Å². The molecule has 0 radical (unpaired) electrons. The van der Waals surface area contributed by atoms with Crippen molar-refractivity contribution in [2.45, 2.75) is 13.3 Å². The second-order valence-corrected chi connectivity index (χ2v) is 2.72. The average molecular weight is 190 g/mol. The summed E-state index contributed by atoms with van der Waals surface area (Å²) in [4.78, 5) is 2.10. The second kappa shape index (κ2) is 7.52. The van der Waals surface area contributed by atoms with Gasteiger partial charge in [0.15, 0.2) is 0 Å². The van der Waals surface area contributed by atoms with E-state index < -0.39 is 0 Å². The van der Waals surface area contributed by atoms with Crippen LogP contribution in [-0.4, -0.2) is 37.3 Å². The van der Waals surface area contributed by atoms with Gasteiger partial charge in [-0.1, -0.05) is 6.92 Å². The van der Waals surface area contributed by atoms with E-state index in [2.05, 4.69) is 11.8 Å². The Labute approximate surface area is 73.5 Å². The number of nitrogens with zero attached hydrogens (tertiary/aromatic N) is 1. The van der Waals surface area contributed by atoms with Gasteiger partial charge in [-0.3, -0.25) is 0 Å². The first-order chi connectivity index (χ1) is 4.20. The average Bonchev–Trinajstić information content (AvgIpc) is 1.82. The molecule has 0 spiro atoms. The Morgan fingerprint density at radius 2 is 1.90 bits per heavy atom. The molecular formula is C7H17NNiO. The minimum Gasteiger partial charge on any atom is -0.396 e. The SMILES string of the molecule is CCC(CO)CN(C)C.[Ni]. The third kappa shape index (κ3) is 6.53. The predicted octanol–water partition coefficient (Wildman–Crippen LogP) is 0.564. The molecule has 0 fully saturated rings. The quantitative estimate of drug-likeness (QED) is 0.654. The van der Waals surface area contributed by atoms with Gasteiger partial charge in [0, 0.05) is 29.6 Å². The summed E-state index contributed by atoms with van der Waals surface area (Å²) in [5.41, 5.74) is 0. The van der Waals surface area contributed by atoms with Crippen LogP contribution in [0.1, 0.15) is 13.3 Å². The maximum atomic E-state index is 8.75. The molecule has 0 rings (SSSR count). The molecule has 0 aliphatic rings. The van der Waals surface area contributed by atoms with Crippen LogP contribution in [0.5, 0.6) is 0 Å². The fourth-order valence-electron chi connectivity index (χ4n) is 0.832. The van der Waals surface area contributed by atoms with E-state index in [1.807, 2.05) is 14.1 Å². The molecule has 66 valence electrons. The van der Waals surface area contributed by atoms with Crippen LogP contribution in [0.3, 0.4) is 0 Å². The fraction of sp³-hybridized carbons (Fsp3) is 1.00. The van der Waals surface area contributed by atoms with Crippen molar-refractivity contribution in [1.29, 1.82) is 0 Å². The first-order valence-corrected chi connectivity index (χ1v) is 3.46. The number of aliphatic hydroxyl groups is 1. The molecule has 0 amide bonds. The zero-order chi connectivity index (χ0) is 7.28. The van der Waals surface area contributed by atoms with E-state index in [4.69, 9.17) is 5.11 Å². The molecule has 3 heteroatoms. The van der Waals surface area contributed by atoms with Gasteiger partial charge < -0.3 is 10.0 Å². The molecule has 0 saturated heterocycles. The molecule has 0 heterocycles. The molecule has 0 aromatic carbocycles. The Bertz CT molecular complexity index is 64.6. The van der Waals surface area contributed by atoms with Gasteiger partial charge in [0.1, 0.15) is 0 Å². The van der Waals surface area contributed by atoms with Crippen LogP contribution in [0.4, 0.5) is 0 Å². The van der Waals surface area contributed by atoms with Crippen molar-refractivity contribution in [3.63, 3.8) is 0 Å². The normalized spacial score (nSPS) is 12.9. The molecule has 1 N–H and O–H groups in total. The van der Waals surface area contributed by atoms with Gasteiger partial charge >= 0.3 is 0 Å². The van der Waals surface area contributed by atoms with Crippen LogP contribution < -0.4 is 0 Å². The third-order valence-corrected chi connectivity index (χ3v) is 1.46. The van der Waals surface area contributed by atoms with Crippen LogP contribution in [0.2, 0.25) is 0 Å². The largest absolute Gasteiger partial charge is 0.396 e. The monoisotopic (exact) mass is 189 g/mol. The van der Waals surface area contributed by atoms with Gasteiger partial charge in [0.25, 0.3) is 0 Å². The Balaban J connectivity index is 0. The Hall–Kier alpha value is 0.414. The second-order valence-electron chi connectivity index (χ2n) is 2.72. The molecule has 10 heavy (non-hydrogen) atoms. The summed E-state index contributed by atoms with van der Waals surface area (Å²) < 4.78 is 0. The summed E-state index contributed by atoms with van der Waals surface area (Å²) in [6, 6.07) is 0. The number of rotatable bonds is 4. The van der Waals surface area contributed by atoms with Crippen molar-refractivity contribution in [3.8, 4) is 0 Å². The molecule has 1 unspecified atom stereocenters. The maximum absolute atomic E-state index is 8.75. The summed E-state index contributed by atoms with van der Waals surface area (Å²) in [6.07, 6.45) is 1.06. The van der Waals surface area contributed by atoms with Gasteiger partial charge in [0.2, 0.25) is 0 Å². The van der Waals surface area contributed by atoms with Crippen molar-refractivity contribution in [2.75, 3.05) is 27.2 Å². The van der Waals surface area contributed by atoms with Gasteiger partial charge in [-0.05, 0) is 26.4 Å². The minimum atomic E-state index is 0. The smallest absolute Gasteiger partial charge is 0.0471 e. The topological polar surface area (TPSA) is 23.5 Å². The number of aliphatic hydroxyl groups excluding tert-OH is 1. The summed E-state index contributed by atoms with van der Waals surface area (Å²) in [7, 11) is 4.05. The zero-order valence-electron chi connectivity index (χ0n) is 6.91. The molecular weight excluding hydrogens is 173 g/mol. The molecule has 0 aromatic rings. The van der Waals surface area contributed by atoms with E-state index in [9.17, 15) is 0 Å². The van der Waals surface area contributed by atoms with E-state index in [-0.39, 0.29) is 16.5 Å². The van der Waals surface area contributed by atoms with Crippen LogP contribution in [0.25, 0.3) is 0 Å². The molecule has 0 bridgehead atoms. The fourth-order valence-corrected chi connectivity index (χ4v) is 0.832. The van der Waals surface area contributed by atoms with Crippen LogP contribution in [0, 0.1) is 5.92 Å². The number of hydrogen-bond donors (Lipinski definition) is 1. The Kier molecular flexibility index (Phi) is 9.80. The third-order valence-electron chi connectivity index (χ3n) is 1.46. The van der Waals surface area contributed by atoms with Crippen LogP contribution in [-0.2, 0) is 16.5 Å². The van der Waals surface area contributed by atoms with E-state index >= 15 is 0 Å². The Morgan fingerprint density at radius 3 is 2.00 bits per heavy atom. The van der Waals surface area contributed by atoms with Crippen LogP contribution in [0.15, 0.2) is 0 Å². The van der Waals surface area contributed by atoms with Crippen molar-refractivity contribution in [3.05, 3.63) is 0 Å². The number of hydrogen-bond acceptors (Lipinski definition) is 2. The van der Waals surface area contributed by atoms with Gasteiger partial charge in [-0.2, -0.15) is 0 Å². The molecule has 0 saturated carbocycles. The molecule has 1 atom stereocenters. The van der Waals surface area contributed by atoms with E-state index in [0.29, 0.717) is 12.5 Å². The van der Waals surface area contributed by atoms with Crippen molar-refractivity contribution >= 4 is 0 Å². The standard InChI is InChI=1S/C7H17NO.Ni/c1-4-7(6-9)5-8(2)3;/h7,9H,4-6H2,1-3H3;. The zero-order valence-corrected chi connectivity index (χ0v) is 7.90. The molecule has 0 aromatic heterocycles. The summed E-state index contributed by atoms with van der Waals surface area (Å²) >= 11 is 0. The van der Waals surface area contributed by atoms with Gasteiger partial charge in [-0.15, -0.1) is 0 Å². The molecule has 2 nitrogen and oxygen atoms in total. The summed E-state index contributed by atoms with van der Waals surface area (Å²) in [5, 5.41) is 8.75. The van der Waals surface area contributed by atoms with E-state index in [0.717, 1.165) is 13.0 Å². The first kappa shape index (κ1) is 13.0. The van der Waals surface area contributed by atoms with Gasteiger partial charge in [-0.25, -0.2) is 0 Å². The molecule has 0 aliphatic carbocycles. The van der Waals surface area contributed by atoms with Crippen molar-refractivity contribution < 1.29 is 21.6 Å². The van der Waals surface area contributed by atoms with E-state index in [1.54, 1.807) is 0 Å². The van der Waals surface area contributed by atoms with Crippen LogP contribution >= 0.6 is 0 Å². The summed E-state index contributed by atoms with van der Waals surface area (Å²) in [5.74, 6) is 0.458. The Morgan fingerprint density at radius 1 is 1.40 bits per heavy atom. The predicted molar refractivity (Wildman–Crippen MR) is 39.4 cm³/mol. The molecule has 0 aliphatic heterocycles. The summed E-state index contributed by atoms with van der Waals surface area (Å²) in [6.45, 7) is 3.41. The first-order valence-electron chi connectivity index (χ1n) is 3.46. The maximum Gasteiger partial charge on any atom is 0.0471 e. The van der Waals surface area contributed by atoms with Gasteiger partial charge in [0.05, 0.1) is 0 Å². The minimum absolute atomic E-state index is 0. The van der Waals surface area contributed by atoms with Crippen molar-refractivity contribution in [2.24, 2.45) is 5.92 Å². The van der Waals surface area contributed by atoms with Crippen molar-refractivity contribution in [1.82, 2.24) is 4.90 Å².